The van der Waals surface area contributed by atoms with Crippen LogP contribution in [0.3, 0.4) is 0 Å². The molecular weight excluding hydrogens is 432 g/mol. The SMILES string of the molecule is CCN(CCCCC(=O)O)C(=O)C1(CNC(=O)OCC2c3ccccc3-c3ccccc32)CC1. The molecule has 0 radical (unpaired) electrons. The summed E-state index contributed by atoms with van der Waals surface area (Å²) in [5, 5.41) is 11.6. The van der Waals surface area contributed by atoms with Crippen molar-refractivity contribution in [2.75, 3.05) is 26.2 Å². The zero-order valence-electron chi connectivity index (χ0n) is 19.6. The Balaban J connectivity index is 1.29. The molecule has 0 aromatic heterocycles. The van der Waals surface area contributed by atoms with Crippen LogP contribution in [0.5, 0.6) is 0 Å². The van der Waals surface area contributed by atoms with Crippen molar-refractivity contribution in [2.24, 2.45) is 5.41 Å². The average Bonchev–Trinajstić information content (AvgIpc) is 3.57. The number of nitrogens with one attached hydrogen (secondary N) is 1. The maximum atomic E-state index is 13.1. The summed E-state index contributed by atoms with van der Waals surface area (Å²) in [5.74, 6) is -0.791. The summed E-state index contributed by atoms with van der Waals surface area (Å²) < 4.78 is 5.60. The van der Waals surface area contributed by atoms with Gasteiger partial charge in [0.1, 0.15) is 6.61 Å². The summed E-state index contributed by atoms with van der Waals surface area (Å²) in [5.41, 5.74) is 4.11. The fourth-order valence-corrected chi connectivity index (χ4v) is 4.83. The van der Waals surface area contributed by atoms with Gasteiger partial charge in [0.2, 0.25) is 5.91 Å². The summed E-state index contributed by atoms with van der Waals surface area (Å²) in [6, 6.07) is 16.4. The molecule has 0 bridgehead atoms. The van der Waals surface area contributed by atoms with Crippen LogP contribution < -0.4 is 5.32 Å². The van der Waals surface area contributed by atoms with Gasteiger partial charge in [0.25, 0.3) is 0 Å². The molecule has 2 aromatic rings. The molecule has 4 rings (SSSR count). The van der Waals surface area contributed by atoms with Crippen LogP contribution in [0.15, 0.2) is 48.5 Å². The number of carbonyl (C=O) groups excluding carboxylic acids is 2. The molecule has 0 spiro atoms. The number of nitrogens with zero attached hydrogens (tertiary/aromatic N) is 1. The van der Waals surface area contributed by atoms with E-state index in [2.05, 4.69) is 29.6 Å². The molecule has 0 aliphatic heterocycles. The molecule has 180 valence electrons. The number of carboxylic acid groups (broad SMARTS) is 1. The van der Waals surface area contributed by atoms with E-state index in [1.54, 1.807) is 4.90 Å². The van der Waals surface area contributed by atoms with E-state index in [0.717, 1.165) is 24.0 Å². The average molecular weight is 465 g/mol. The highest BCUT2D eigenvalue weighted by Gasteiger charge is 2.51. The highest BCUT2D eigenvalue weighted by molar-refractivity contribution is 5.86. The van der Waals surface area contributed by atoms with Gasteiger partial charge in [-0.15, -0.1) is 0 Å². The third-order valence-electron chi connectivity index (χ3n) is 6.96. The van der Waals surface area contributed by atoms with E-state index in [1.807, 2.05) is 31.2 Å². The van der Waals surface area contributed by atoms with E-state index in [1.165, 1.54) is 11.1 Å². The second-order valence-corrected chi connectivity index (χ2v) is 9.20. The molecule has 0 saturated heterocycles. The smallest absolute Gasteiger partial charge is 0.407 e. The predicted molar refractivity (Wildman–Crippen MR) is 128 cm³/mol. The van der Waals surface area contributed by atoms with E-state index >= 15 is 0 Å². The molecular formula is C27H32N2O5. The van der Waals surface area contributed by atoms with Crippen molar-refractivity contribution in [2.45, 2.75) is 44.9 Å². The summed E-state index contributed by atoms with van der Waals surface area (Å²) >= 11 is 0. The fraction of sp³-hybridized carbons (Fsp3) is 0.444. The number of benzene rings is 2. The molecule has 7 heteroatoms. The van der Waals surface area contributed by atoms with E-state index in [-0.39, 0.29) is 31.4 Å². The van der Waals surface area contributed by atoms with Gasteiger partial charge in [-0.1, -0.05) is 48.5 Å². The molecule has 2 aliphatic rings. The number of hydrogen-bond acceptors (Lipinski definition) is 4. The predicted octanol–water partition coefficient (Wildman–Crippen LogP) is 4.41. The zero-order valence-corrected chi connectivity index (χ0v) is 19.6. The van der Waals surface area contributed by atoms with Gasteiger partial charge in [0.15, 0.2) is 0 Å². The van der Waals surface area contributed by atoms with Crippen LogP contribution in [0, 0.1) is 5.41 Å². The van der Waals surface area contributed by atoms with Crippen LogP contribution in [0.1, 0.15) is 56.1 Å². The van der Waals surface area contributed by atoms with E-state index in [0.29, 0.717) is 25.9 Å². The Bertz CT molecular complexity index is 1020. The molecule has 0 heterocycles. The van der Waals surface area contributed by atoms with Crippen molar-refractivity contribution < 1.29 is 24.2 Å². The number of rotatable bonds is 11. The topological polar surface area (TPSA) is 95.9 Å². The van der Waals surface area contributed by atoms with Crippen molar-refractivity contribution in [3.8, 4) is 11.1 Å². The van der Waals surface area contributed by atoms with Crippen molar-refractivity contribution >= 4 is 18.0 Å². The van der Waals surface area contributed by atoms with Crippen LogP contribution in [-0.2, 0) is 14.3 Å². The number of carbonyl (C=O) groups is 3. The first-order chi connectivity index (χ1) is 16.4. The second-order valence-electron chi connectivity index (χ2n) is 9.20. The van der Waals surface area contributed by atoms with Crippen molar-refractivity contribution in [3.63, 3.8) is 0 Å². The van der Waals surface area contributed by atoms with Gasteiger partial charge in [-0.05, 0) is 54.9 Å². The van der Waals surface area contributed by atoms with Crippen LogP contribution >= 0.6 is 0 Å². The minimum atomic E-state index is -0.819. The number of amides is 2. The van der Waals surface area contributed by atoms with Gasteiger partial charge >= 0.3 is 12.1 Å². The van der Waals surface area contributed by atoms with Gasteiger partial charge in [-0.2, -0.15) is 0 Å². The molecule has 2 amide bonds. The lowest BCUT2D eigenvalue weighted by Crippen LogP contribution is -2.43. The Labute approximate surface area is 200 Å². The largest absolute Gasteiger partial charge is 0.481 e. The maximum Gasteiger partial charge on any atom is 0.407 e. The van der Waals surface area contributed by atoms with Gasteiger partial charge in [-0.25, -0.2) is 4.79 Å². The number of hydrogen-bond donors (Lipinski definition) is 2. The van der Waals surface area contributed by atoms with Crippen LogP contribution in [0.25, 0.3) is 11.1 Å². The van der Waals surface area contributed by atoms with Gasteiger partial charge in [-0.3, -0.25) is 9.59 Å². The molecule has 2 aliphatic carbocycles. The number of unbranched alkanes of at least 4 members (excludes halogenated alkanes) is 1. The first-order valence-electron chi connectivity index (χ1n) is 12.1. The van der Waals surface area contributed by atoms with E-state index in [9.17, 15) is 14.4 Å². The Morgan fingerprint density at radius 3 is 2.21 bits per heavy atom. The van der Waals surface area contributed by atoms with Crippen LogP contribution in [-0.4, -0.2) is 54.2 Å². The summed E-state index contributed by atoms with van der Waals surface area (Å²) in [6.07, 6.45) is 2.28. The lowest BCUT2D eigenvalue weighted by Gasteiger charge is -2.26. The first-order valence-corrected chi connectivity index (χ1v) is 12.1. The normalized spacial score (nSPS) is 15.2. The molecule has 2 aromatic carbocycles. The molecule has 2 N–H and O–H groups in total. The summed E-state index contributed by atoms with van der Waals surface area (Å²) in [6.45, 7) is 3.53. The van der Waals surface area contributed by atoms with Crippen molar-refractivity contribution in [3.05, 3.63) is 59.7 Å². The number of aliphatic carboxylic acids is 1. The minimum Gasteiger partial charge on any atom is -0.481 e. The molecule has 7 nitrogen and oxygen atoms in total. The lowest BCUT2D eigenvalue weighted by atomic mass is 9.98. The highest BCUT2D eigenvalue weighted by atomic mass is 16.5. The van der Waals surface area contributed by atoms with Gasteiger partial charge in [0.05, 0.1) is 5.41 Å². The summed E-state index contributed by atoms with van der Waals surface area (Å²) in [7, 11) is 0. The lowest BCUT2D eigenvalue weighted by molar-refractivity contribution is -0.137. The monoisotopic (exact) mass is 464 g/mol. The Kier molecular flexibility index (Phi) is 7.20. The quantitative estimate of drug-likeness (QED) is 0.480. The Morgan fingerprint density at radius 2 is 1.65 bits per heavy atom. The van der Waals surface area contributed by atoms with Crippen LogP contribution in [0.4, 0.5) is 4.79 Å². The standard InChI is InChI=1S/C27H32N2O5/c1-2-29(16-8-7-13-24(30)31)25(32)27(14-15-27)18-28-26(33)34-17-23-21-11-5-3-9-19(21)20-10-4-6-12-22(20)23/h3-6,9-12,23H,2,7-8,13-18H2,1H3,(H,28,33)(H,30,31). The third-order valence-corrected chi connectivity index (χ3v) is 6.96. The minimum absolute atomic E-state index is 0.00366. The number of alkyl carbamates (subject to hydrolysis) is 1. The van der Waals surface area contributed by atoms with E-state index in [4.69, 9.17) is 9.84 Å². The molecule has 1 saturated carbocycles. The van der Waals surface area contributed by atoms with Crippen LogP contribution in [0.2, 0.25) is 0 Å². The maximum absolute atomic E-state index is 13.1. The highest BCUT2D eigenvalue weighted by Crippen LogP contribution is 2.47. The first kappa shape index (κ1) is 23.8. The zero-order chi connectivity index (χ0) is 24.1. The number of ether oxygens (including phenoxy) is 1. The van der Waals surface area contributed by atoms with Crippen molar-refractivity contribution in [1.29, 1.82) is 0 Å². The molecule has 1 fully saturated rings. The third kappa shape index (κ3) is 5.08. The number of carboxylic acids is 1. The Hall–Kier alpha value is -3.35. The second kappa shape index (κ2) is 10.3. The fourth-order valence-electron chi connectivity index (χ4n) is 4.83. The molecule has 34 heavy (non-hydrogen) atoms. The molecule has 0 unspecified atom stereocenters. The molecule has 0 atom stereocenters. The summed E-state index contributed by atoms with van der Waals surface area (Å²) in [4.78, 5) is 38.0. The van der Waals surface area contributed by atoms with E-state index < -0.39 is 17.5 Å². The number of fused-ring (bicyclic) bond motifs is 3. The Morgan fingerprint density at radius 1 is 1.03 bits per heavy atom. The van der Waals surface area contributed by atoms with Crippen molar-refractivity contribution in [1.82, 2.24) is 10.2 Å². The van der Waals surface area contributed by atoms with Gasteiger partial charge < -0.3 is 20.1 Å². The van der Waals surface area contributed by atoms with Gasteiger partial charge in [0, 0.05) is 32.0 Å².